The third kappa shape index (κ3) is 2.64. The Balaban J connectivity index is 1.45. The van der Waals surface area contributed by atoms with E-state index in [1.54, 1.807) is 27.2 Å². The molecule has 0 saturated carbocycles. The highest BCUT2D eigenvalue weighted by molar-refractivity contribution is 7.09. The van der Waals surface area contributed by atoms with Crippen molar-refractivity contribution in [2.24, 2.45) is 5.92 Å². The van der Waals surface area contributed by atoms with Gasteiger partial charge in [-0.05, 0) is 35.9 Å². The summed E-state index contributed by atoms with van der Waals surface area (Å²) >= 11 is 1.60. The Kier molecular flexibility index (Phi) is 4.32. The van der Waals surface area contributed by atoms with Gasteiger partial charge in [-0.3, -0.25) is 19.3 Å². The number of carbonyl (C=O) groups excluding carboxylic acids is 3. The van der Waals surface area contributed by atoms with Gasteiger partial charge in [0.05, 0.1) is 12.6 Å². The van der Waals surface area contributed by atoms with Gasteiger partial charge < -0.3 is 14.9 Å². The quantitative estimate of drug-likeness (QED) is 0.575. The number of amides is 3. The largest absolute Gasteiger partial charge is 0.477 e. The lowest BCUT2D eigenvalue weighted by molar-refractivity contribution is -0.168. The Bertz CT molecular complexity index is 1030. The highest BCUT2D eigenvalue weighted by Crippen LogP contribution is 2.49. The summed E-state index contributed by atoms with van der Waals surface area (Å²) in [6.07, 6.45) is 2.83. The van der Waals surface area contributed by atoms with E-state index in [1.165, 1.54) is 11.8 Å². The molecule has 3 amide bonds. The number of hydrogen-bond donors (Lipinski definition) is 1. The number of carboxylic acid groups (broad SMARTS) is 1. The summed E-state index contributed by atoms with van der Waals surface area (Å²) in [6.45, 7) is 2.98. The molecule has 156 valence electrons. The molecule has 0 bridgehead atoms. The Morgan fingerprint density at radius 3 is 2.77 bits per heavy atom. The van der Waals surface area contributed by atoms with Gasteiger partial charge in [0, 0.05) is 36.4 Å². The van der Waals surface area contributed by atoms with E-state index < -0.39 is 12.0 Å². The van der Waals surface area contributed by atoms with Crippen molar-refractivity contribution in [2.45, 2.75) is 38.4 Å². The first-order valence-electron chi connectivity index (χ1n) is 9.98. The van der Waals surface area contributed by atoms with Gasteiger partial charge in [0.15, 0.2) is 0 Å². The molecule has 0 radical (unpaired) electrons. The molecular weight excluding hydrogens is 406 g/mol. The van der Waals surface area contributed by atoms with Crippen molar-refractivity contribution in [3.8, 4) is 0 Å². The minimum absolute atomic E-state index is 0.0336. The van der Waals surface area contributed by atoms with Gasteiger partial charge in [-0.15, -0.1) is 11.3 Å². The fourth-order valence-electron chi connectivity index (χ4n) is 5.20. The predicted molar refractivity (Wildman–Crippen MR) is 107 cm³/mol. The average molecular weight is 427 g/mol. The molecule has 1 N–H and O–H groups in total. The standard InChI is InChI=1S/C21H21N3O5S/c1-11(25)23-7-5-14-15(17(21(28)29)24-16(14)18(23)20(24)27)9-12-4-6-22(19(12)26)10-13-3-2-8-30-13/h2-3,8-9,14,16,18H,4-7,10H2,1H3,(H,28,29)/b12-9+/t14?,16-,18+/m1/s1. The minimum Gasteiger partial charge on any atom is -0.477 e. The first-order chi connectivity index (χ1) is 14.4. The van der Waals surface area contributed by atoms with E-state index in [1.807, 2.05) is 17.5 Å². The van der Waals surface area contributed by atoms with Crippen LogP contribution in [0.3, 0.4) is 0 Å². The lowest BCUT2D eigenvalue weighted by Crippen LogP contribution is -2.73. The van der Waals surface area contributed by atoms with Gasteiger partial charge in [-0.1, -0.05) is 6.07 Å². The molecule has 9 heteroatoms. The zero-order valence-electron chi connectivity index (χ0n) is 16.4. The van der Waals surface area contributed by atoms with Crippen molar-refractivity contribution in [3.05, 3.63) is 45.3 Å². The maximum atomic E-state index is 12.9. The first-order valence-corrected chi connectivity index (χ1v) is 10.9. The van der Waals surface area contributed by atoms with E-state index >= 15 is 0 Å². The minimum atomic E-state index is -1.17. The molecule has 4 aliphatic rings. The van der Waals surface area contributed by atoms with Crippen LogP contribution in [0.25, 0.3) is 0 Å². The normalized spacial score (nSPS) is 29.0. The summed E-state index contributed by atoms with van der Waals surface area (Å²) in [5, 5.41) is 11.8. The maximum Gasteiger partial charge on any atom is 0.352 e. The Morgan fingerprint density at radius 2 is 2.10 bits per heavy atom. The third-order valence-electron chi connectivity index (χ3n) is 6.53. The van der Waals surface area contributed by atoms with E-state index in [0.717, 1.165) is 4.88 Å². The fraction of sp³-hybridized carbons (Fsp3) is 0.429. The van der Waals surface area contributed by atoms with E-state index in [9.17, 15) is 24.3 Å². The summed E-state index contributed by atoms with van der Waals surface area (Å²) in [5.41, 5.74) is 1.10. The Labute approximate surface area is 177 Å². The van der Waals surface area contributed by atoms with Crippen LogP contribution in [0, 0.1) is 5.92 Å². The van der Waals surface area contributed by atoms with Crippen LogP contribution in [-0.4, -0.2) is 68.7 Å². The molecule has 0 spiro atoms. The van der Waals surface area contributed by atoms with Gasteiger partial charge >= 0.3 is 5.97 Å². The van der Waals surface area contributed by atoms with E-state index in [2.05, 4.69) is 0 Å². The summed E-state index contributed by atoms with van der Waals surface area (Å²) in [5.74, 6) is -1.94. The number of β-lactam (4-membered cyclic amide) rings is 1. The van der Waals surface area contributed by atoms with Gasteiger partial charge in [-0.25, -0.2) is 4.79 Å². The highest BCUT2D eigenvalue weighted by Gasteiger charge is 2.63. The molecule has 1 aromatic heterocycles. The monoisotopic (exact) mass is 427 g/mol. The number of likely N-dealkylation sites (tertiary alicyclic amines) is 2. The predicted octanol–water partition coefficient (Wildman–Crippen LogP) is 1.21. The number of carbonyl (C=O) groups is 4. The molecule has 0 aliphatic carbocycles. The molecule has 0 aromatic carbocycles. The second kappa shape index (κ2) is 6.80. The van der Waals surface area contributed by atoms with Gasteiger partial charge in [0.1, 0.15) is 11.7 Å². The molecule has 3 saturated heterocycles. The van der Waals surface area contributed by atoms with Crippen molar-refractivity contribution in [2.75, 3.05) is 13.1 Å². The maximum absolute atomic E-state index is 12.9. The van der Waals surface area contributed by atoms with Crippen molar-refractivity contribution < 1.29 is 24.3 Å². The Hall–Kier alpha value is -2.94. The molecule has 1 aromatic rings. The summed E-state index contributed by atoms with van der Waals surface area (Å²) < 4.78 is 0. The van der Waals surface area contributed by atoms with Crippen LogP contribution in [0.15, 0.2) is 40.4 Å². The van der Waals surface area contributed by atoms with Crippen LogP contribution < -0.4 is 0 Å². The van der Waals surface area contributed by atoms with Gasteiger partial charge in [-0.2, -0.15) is 0 Å². The second-order valence-corrected chi connectivity index (χ2v) is 9.12. The fourth-order valence-corrected chi connectivity index (χ4v) is 5.92. The number of nitrogens with zero attached hydrogens (tertiary/aromatic N) is 3. The van der Waals surface area contributed by atoms with Crippen LogP contribution in [0.4, 0.5) is 0 Å². The lowest BCUT2D eigenvalue weighted by atomic mass is 9.77. The topological polar surface area (TPSA) is 98.2 Å². The molecule has 3 atom stereocenters. The third-order valence-corrected chi connectivity index (χ3v) is 7.39. The molecule has 30 heavy (non-hydrogen) atoms. The number of aliphatic carboxylic acids is 1. The smallest absolute Gasteiger partial charge is 0.352 e. The second-order valence-electron chi connectivity index (χ2n) is 8.09. The van der Waals surface area contributed by atoms with Crippen LogP contribution in [0.1, 0.15) is 24.6 Å². The number of piperidine rings is 1. The van der Waals surface area contributed by atoms with Crippen molar-refractivity contribution >= 4 is 35.0 Å². The molecular formula is C21H21N3O5S. The van der Waals surface area contributed by atoms with Crippen LogP contribution in [0.2, 0.25) is 0 Å². The molecule has 5 heterocycles. The van der Waals surface area contributed by atoms with E-state index in [4.69, 9.17) is 0 Å². The molecule has 3 fully saturated rings. The first kappa shape index (κ1) is 19.0. The zero-order chi connectivity index (χ0) is 21.2. The van der Waals surface area contributed by atoms with E-state index in [-0.39, 0.29) is 35.4 Å². The average Bonchev–Trinajstić information content (AvgIpc) is 3.41. The van der Waals surface area contributed by atoms with Crippen molar-refractivity contribution in [1.29, 1.82) is 0 Å². The van der Waals surface area contributed by atoms with Gasteiger partial charge in [0.25, 0.3) is 5.91 Å². The van der Waals surface area contributed by atoms with Crippen molar-refractivity contribution in [1.82, 2.24) is 14.7 Å². The number of hydrogen-bond acceptors (Lipinski definition) is 5. The zero-order valence-corrected chi connectivity index (χ0v) is 17.2. The van der Waals surface area contributed by atoms with E-state index in [0.29, 0.717) is 43.6 Å². The number of carboxylic acids is 1. The molecule has 1 unspecified atom stereocenters. The number of allylic oxidation sites excluding steroid dienone is 1. The summed E-state index contributed by atoms with van der Waals surface area (Å²) in [4.78, 5) is 55.3. The van der Waals surface area contributed by atoms with Crippen molar-refractivity contribution in [3.63, 3.8) is 0 Å². The summed E-state index contributed by atoms with van der Waals surface area (Å²) in [6, 6.07) is 3.00. The molecule has 8 nitrogen and oxygen atoms in total. The summed E-state index contributed by atoms with van der Waals surface area (Å²) in [7, 11) is 0. The highest BCUT2D eigenvalue weighted by atomic mass is 32.1. The van der Waals surface area contributed by atoms with Crippen LogP contribution >= 0.6 is 11.3 Å². The van der Waals surface area contributed by atoms with Crippen LogP contribution in [-0.2, 0) is 25.7 Å². The Morgan fingerprint density at radius 1 is 1.30 bits per heavy atom. The number of rotatable bonds is 4. The molecule has 4 aliphatic heterocycles. The van der Waals surface area contributed by atoms with Crippen LogP contribution in [0.5, 0.6) is 0 Å². The lowest BCUT2D eigenvalue weighted by Gasteiger charge is -2.53. The number of thiophene rings is 1. The SMILES string of the molecule is CC(=O)N1CCC2C(/C=C3\CCN(Cc4cccs4)C3=O)=C(C(=O)O)N3C(=O)[C@@H]1[C@@H]23. The van der Waals surface area contributed by atoms with Gasteiger partial charge in [0.2, 0.25) is 11.8 Å². The molecule has 5 rings (SSSR count).